The first-order valence-electron chi connectivity index (χ1n) is 5.00. The second-order valence-electron chi connectivity index (χ2n) is 4.06. The summed E-state index contributed by atoms with van der Waals surface area (Å²) in [6, 6.07) is 7.59. The third kappa shape index (κ3) is 1.99. The molecule has 0 atom stereocenters. The van der Waals surface area contributed by atoms with Crippen LogP contribution in [0.4, 0.5) is 11.4 Å². The lowest BCUT2D eigenvalue weighted by Gasteiger charge is -2.36. The molecule has 0 bridgehead atoms. The molecule has 0 aliphatic heterocycles. The number of nitrogens with two attached hydrogens (primary N) is 1. The minimum absolute atomic E-state index is 0.482. The maximum atomic E-state index is 9.85. The van der Waals surface area contributed by atoms with Crippen molar-refractivity contribution in [2.24, 2.45) is 0 Å². The molecule has 0 unspecified atom stereocenters. The van der Waals surface area contributed by atoms with Crippen molar-refractivity contribution in [2.45, 2.75) is 24.9 Å². The Hall–Kier alpha value is -1.22. The number of rotatable bonds is 3. The van der Waals surface area contributed by atoms with Crippen LogP contribution < -0.4 is 11.1 Å². The van der Waals surface area contributed by atoms with Gasteiger partial charge >= 0.3 is 0 Å². The monoisotopic (exact) mass is 192 g/mol. The largest absolute Gasteiger partial charge is 0.399 e. The molecular weight excluding hydrogens is 176 g/mol. The van der Waals surface area contributed by atoms with Gasteiger partial charge in [-0.2, -0.15) is 0 Å². The van der Waals surface area contributed by atoms with Gasteiger partial charge in [-0.1, -0.05) is 6.07 Å². The van der Waals surface area contributed by atoms with Crippen LogP contribution in [0.5, 0.6) is 0 Å². The molecule has 3 nitrogen and oxygen atoms in total. The molecule has 0 aromatic heterocycles. The van der Waals surface area contributed by atoms with Crippen LogP contribution in [0.2, 0.25) is 0 Å². The van der Waals surface area contributed by atoms with E-state index in [-0.39, 0.29) is 0 Å². The number of nitrogens with one attached hydrogen (secondary N) is 1. The van der Waals surface area contributed by atoms with Crippen molar-refractivity contribution in [1.82, 2.24) is 0 Å². The highest BCUT2D eigenvalue weighted by molar-refractivity contribution is 5.54. The highest BCUT2D eigenvalue weighted by Gasteiger charge is 2.33. The molecule has 4 N–H and O–H groups in total. The zero-order valence-corrected chi connectivity index (χ0v) is 8.16. The van der Waals surface area contributed by atoms with Crippen molar-refractivity contribution in [3.05, 3.63) is 24.3 Å². The fourth-order valence-electron chi connectivity index (χ4n) is 1.68. The maximum absolute atomic E-state index is 9.85. The summed E-state index contributed by atoms with van der Waals surface area (Å²) in [5, 5.41) is 13.0. The highest BCUT2D eigenvalue weighted by atomic mass is 16.3. The minimum Gasteiger partial charge on any atom is -0.399 e. The van der Waals surface area contributed by atoms with Crippen molar-refractivity contribution in [1.29, 1.82) is 0 Å². The molecule has 1 saturated carbocycles. The highest BCUT2D eigenvalue weighted by Crippen LogP contribution is 2.31. The Morgan fingerprint density at radius 1 is 1.43 bits per heavy atom. The molecule has 3 heteroatoms. The van der Waals surface area contributed by atoms with E-state index in [1.807, 2.05) is 24.3 Å². The molecule has 1 aromatic carbocycles. The average Bonchev–Trinajstić information content (AvgIpc) is 2.12. The molecule has 0 spiro atoms. The fourth-order valence-corrected chi connectivity index (χ4v) is 1.68. The van der Waals surface area contributed by atoms with E-state index in [4.69, 9.17) is 5.73 Å². The van der Waals surface area contributed by atoms with Crippen molar-refractivity contribution >= 4 is 11.4 Å². The summed E-state index contributed by atoms with van der Waals surface area (Å²) < 4.78 is 0. The third-order valence-corrected chi connectivity index (χ3v) is 2.79. The first-order chi connectivity index (χ1) is 6.68. The van der Waals surface area contributed by atoms with Crippen molar-refractivity contribution in [3.63, 3.8) is 0 Å². The predicted molar refractivity (Wildman–Crippen MR) is 58.1 cm³/mol. The van der Waals surface area contributed by atoms with Gasteiger partial charge in [0.1, 0.15) is 0 Å². The summed E-state index contributed by atoms with van der Waals surface area (Å²) in [4.78, 5) is 0. The normalized spacial score (nSPS) is 18.6. The lowest BCUT2D eigenvalue weighted by Crippen LogP contribution is -2.43. The molecule has 0 radical (unpaired) electrons. The smallest absolute Gasteiger partial charge is 0.0819 e. The Kier molecular flexibility index (Phi) is 2.33. The molecule has 2 rings (SSSR count). The van der Waals surface area contributed by atoms with Crippen LogP contribution in [0, 0.1) is 0 Å². The van der Waals surface area contributed by atoms with Crippen LogP contribution in [-0.2, 0) is 0 Å². The Bertz CT molecular complexity index is 321. The van der Waals surface area contributed by atoms with E-state index < -0.39 is 5.60 Å². The van der Waals surface area contributed by atoms with Crippen LogP contribution in [0.25, 0.3) is 0 Å². The van der Waals surface area contributed by atoms with E-state index in [2.05, 4.69) is 5.32 Å². The van der Waals surface area contributed by atoms with Crippen molar-refractivity contribution in [2.75, 3.05) is 17.6 Å². The molecule has 0 heterocycles. The third-order valence-electron chi connectivity index (χ3n) is 2.79. The van der Waals surface area contributed by atoms with Gasteiger partial charge in [0.25, 0.3) is 0 Å². The summed E-state index contributed by atoms with van der Waals surface area (Å²) in [7, 11) is 0. The maximum Gasteiger partial charge on any atom is 0.0819 e. The van der Waals surface area contributed by atoms with Crippen LogP contribution in [0.1, 0.15) is 19.3 Å². The van der Waals surface area contributed by atoms with E-state index in [9.17, 15) is 5.11 Å². The number of hydrogen-bond acceptors (Lipinski definition) is 3. The first kappa shape index (κ1) is 9.34. The Balaban J connectivity index is 1.91. The summed E-state index contributed by atoms with van der Waals surface area (Å²) in [6.45, 7) is 0.621. The molecule has 76 valence electrons. The molecule has 1 aromatic rings. The number of benzene rings is 1. The first-order valence-corrected chi connectivity index (χ1v) is 5.00. The minimum atomic E-state index is -0.482. The second-order valence-corrected chi connectivity index (χ2v) is 4.06. The van der Waals surface area contributed by atoms with E-state index in [0.29, 0.717) is 6.54 Å². The lowest BCUT2D eigenvalue weighted by molar-refractivity contribution is -0.0201. The fraction of sp³-hybridized carbons (Fsp3) is 0.455. The molecule has 1 aliphatic carbocycles. The Labute approximate surface area is 83.9 Å². The van der Waals surface area contributed by atoms with Gasteiger partial charge in [0.15, 0.2) is 0 Å². The number of nitrogen functional groups attached to an aromatic ring is 1. The second kappa shape index (κ2) is 3.50. The van der Waals surface area contributed by atoms with Gasteiger partial charge < -0.3 is 16.2 Å². The van der Waals surface area contributed by atoms with Crippen LogP contribution >= 0.6 is 0 Å². The number of anilines is 2. The van der Waals surface area contributed by atoms with Crippen molar-refractivity contribution in [3.8, 4) is 0 Å². The molecule has 14 heavy (non-hydrogen) atoms. The number of aliphatic hydroxyl groups is 1. The average molecular weight is 192 g/mol. The SMILES string of the molecule is Nc1cccc(NCC2(O)CCC2)c1. The molecule has 0 saturated heterocycles. The van der Waals surface area contributed by atoms with Crippen LogP contribution in [0.3, 0.4) is 0 Å². The topological polar surface area (TPSA) is 58.3 Å². The number of hydrogen-bond donors (Lipinski definition) is 3. The van der Waals surface area contributed by atoms with Gasteiger partial charge in [-0.25, -0.2) is 0 Å². The van der Waals surface area contributed by atoms with Gasteiger partial charge in [-0.3, -0.25) is 0 Å². The van der Waals surface area contributed by atoms with E-state index in [1.54, 1.807) is 0 Å². The predicted octanol–water partition coefficient (Wildman–Crippen LogP) is 1.60. The van der Waals surface area contributed by atoms with E-state index in [0.717, 1.165) is 30.6 Å². The zero-order valence-electron chi connectivity index (χ0n) is 8.16. The lowest BCUT2D eigenvalue weighted by atomic mass is 9.80. The van der Waals surface area contributed by atoms with Gasteiger partial charge in [0, 0.05) is 17.9 Å². The zero-order chi connectivity index (χ0) is 10.0. The van der Waals surface area contributed by atoms with Gasteiger partial charge in [0.2, 0.25) is 0 Å². The van der Waals surface area contributed by atoms with Gasteiger partial charge in [-0.05, 0) is 37.5 Å². The van der Waals surface area contributed by atoms with Gasteiger partial charge in [0.05, 0.1) is 5.60 Å². The summed E-state index contributed by atoms with van der Waals surface area (Å²) >= 11 is 0. The molecule has 1 aliphatic rings. The summed E-state index contributed by atoms with van der Waals surface area (Å²) in [6.07, 6.45) is 2.94. The summed E-state index contributed by atoms with van der Waals surface area (Å²) in [5.41, 5.74) is 6.88. The van der Waals surface area contributed by atoms with Crippen LogP contribution in [-0.4, -0.2) is 17.3 Å². The summed E-state index contributed by atoms with van der Waals surface area (Å²) in [5.74, 6) is 0. The van der Waals surface area contributed by atoms with Crippen molar-refractivity contribution < 1.29 is 5.11 Å². The standard InChI is InChI=1S/C11H16N2O/c12-9-3-1-4-10(7-9)13-8-11(14)5-2-6-11/h1,3-4,7,13-14H,2,5-6,8,12H2. The Morgan fingerprint density at radius 2 is 2.21 bits per heavy atom. The molecule has 0 amide bonds. The van der Waals surface area contributed by atoms with Crippen LogP contribution in [0.15, 0.2) is 24.3 Å². The van der Waals surface area contributed by atoms with E-state index >= 15 is 0 Å². The van der Waals surface area contributed by atoms with E-state index in [1.165, 1.54) is 0 Å². The quantitative estimate of drug-likeness (QED) is 0.637. The molecular formula is C11H16N2O. The van der Waals surface area contributed by atoms with Gasteiger partial charge in [-0.15, -0.1) is 0 Å². The molecule has 1 fully saturated rings. The Morgan fingerprint density at radius 3 is 2.79 bits per heavy atom.